The van der Waals surface area contributed by atoms with Gasteiger partial charge in [0.2, 0.25) is 11.4 Å². The summed E-state index contributed by atoms with van der Waals surface area (Å²) in [5.74, 6) is -1.65. The van der Waals surface area contributed by atoms with Gasteiger partial charge in [0.1, 0.15) is 5.82 Å². The van der Waals surface area contributed by atoms with Crippen molar-refractivity contribution in [1.29, 1.82) is 0 Å². The maximum Gasteiger partial charge on any atom is 0.344 e. The molecule has 22 heavy (non-hydrogen) atoms. The van der Waals surface area contributed by atoms with E-state index in [4.69, 9.17) is 9.47 Å². The average Bonchev–Trinajstić information content (AvgIpc) is 2.83. The number of imidazole rings is 1. The van der Waals surface area contributed by atoms with E-state index in [-0.39, 0.29) is 19.6 Å². The lowest BCUT2D eigenvalue weighted by atomic mass is 9.93. The number of aryl methyl sites for hydroxylation is 1. The van der Waals surface area contributed by atoms with Crippen molar-refractivity contribution < 1.29 is 23.9 Å². The highest BCUT2D eigenvalue weighted by molar-refractivity contribution is 6.08. The van der Waals surface area contributed by atoms with Crippen LogP contribution in [0.4, 0.5) is 0 Å². The molecule has 122 valence electrons. The number of aromatic amines is 1. The van der Waals surface area contributed by atoms with Crippen molar-refractivity contribution in [1.82, 2.24) is 15.3 Å². The number of rotatable bonds is 7. The van der Waals surface area contributed by atoms with E-state index in [0.29, 0.717) is 11.5 Å². The monoisotopic (exact) mass is 311 g/mol. The van der Waals surface area contributed by atoms with Crippen molar-refractivity contribution >= 4 is 17.8 Å². The molecule has 0 spiro atoms. The zero-order valence-electron chi connectivity index (χ0n) is 13.2. The third kappa shape index (κ3) is 4.06. The van der Waals surface area contributed by atoms with E-state index < -0.39 is 23.4 Å². The molecular formula is C14H21N3O5. The van der Waals surface area contributed by atoms with Crippen LogP contribution < -0.4 is 5.32 Å². The number of amides is 1. The van der Waals surface area contributed by atoms with Crippen LogP contribution in [0.2, 0.25) is 0 Å². The minimum Gasteiger partial charge on any atom is -0.464 e. The van der Waals surface area contributed by atoms with Gasteiger partial charge in [-0.15, -0.1) is 0 Å². The Morgan fingerprint density at radius 2 is 1.77 bits per heavy atom. The predicted octanol–water partition coefficient (Wildman–Crippen LogP) is 0.262. The molecule has 1 heterocycles. The first kappa shape index (κ1) is 17.7. The predicted molar refractivity (Wildman–Crippen MR) is 76.8 cm³/mol. The second-order valence-electron chi connectivity index (χ2n) is 4.70. The lowest BCUT2D eigenvalue weighted by Gasteiger charge is -2.29. The Morgan fingerprint density at radius 3 is 2.14 bits per heavy atom. The molecule has 1 aromatic rings. The van der Waals surface area contributed by atoms with Gasteiger partial charge in [-0.1, -0.05) is 0 Å². The SMILES string of the molecule is CCOC(=O)C(Cc1cnc(C)[nH]1)(NC(C)=O)C(=O)OCC. The van der Waals surface area contributed by atoms with Gasteiger partial charge in [0.25, 0.3) is 0 Å². The summed E-state index contributed by atoms with van der Waals surface area (Å²) in [6.45, 7) is 6.32. The van der Waals surface area contributed by atoms with Crippen LogP contribution in [-0.4, -0.2) is 46.6 Å². The third-order valence-corrected chi connectivity index (χ3v) is 2.85. The number of esters is 2. The molecule has 1 aromatic heterocycles. The Bertz CT molecular complexity index is 534. The Labute approximate surface area is 128 Å². The minimum atomic E-state index is -1.93. The minimum absolute atomic E-state index is 0.0710. The maximum absolute atomic E-state index is 12.4. The number of ether oxygens (including phenoxy) is 2. The van der Waals surface area contributed by atoms with Crippen LogP contribution in [0.25, 0.3) is 0 Å². The fourth-order valence-corrected chi connectivity index (χ4v) is 2.03. The first-order valence-electron chi connectivity index (χ1n) is 6.99. The number of carbonyl (C=O) groups is 3. The van der Waals surface area contributed by atoms with Crippen molar-refractivity contribution in [2.75, 3.05) is 13.2 Å². The molecule has 0 unspecified atom stereocenters. The summed E-state index contributed by atoms with van der Waals surface area (Å²) in [5.41, 5.74) is -1.43. The van der Waals surface area contributed by atoms with Crippen LogP contribution in [0.3, 0.4) is 0 Å². The summed E-state index contributed by atoms with van der Waals surface area (Å²) in [6, 6.07) is 0. The molecule has 0 aliphatic carbocycles. The molecule has 0 aromatic carbocycles. The number of nitrogens with one attached hydrogen (secondary N) is 2. The summed E-state index contributed by atoms with van der Waals surface area (Å²) in [7, 11) is 0. The van der Waals surface area contributed by atoms with Crippen LogP contribution in [0, 0.1) is 6.92 Å². The second kappa shape index (κ2) is 7.58. The molecule has 0 aliphatic rings. The van der Waals surface area contributed by atoms with Gasteiger partial charge < -0.3 is 19.8 Å². The summed E-state index contributed by atoms with van der Waals surface area (Å²) in [5, 5.41) is 2.38. The molecule has 8 heteroatoms. The zero-order chi connectivity index (χ0) is 16.8. The first-order valence-corrected chi connectivity index (χ1v) is 6.99. The number of H-pyrrole nitrogens is 1. The van der Waals surface area contributed by atoms with Crippen molar-refractivity contribution in [2.45, 2.75) is 39.7 Å². The highest BCUT2D eigenvalue weighted by Crippen LogP contribution is 2.18. The van der Waals surface area contributed by atoms with Gasteiger partial charge in [-0.2, -0.15) is 0 Å². The number of carbonyl (C=O) groups excluding carboxylic acids is 3. The molecule has 0 saturated carbocycles. The van der Waals surface area contributed by atoms with Gasteiger partial charge in [0.15, 0.2) is 0 Å². The van der Waals surface area contributed by atoms with Gasteiger partial charge in [0, 0.05) is 25.2 Å². The fourth-order valence-electron chi connectivity index (χ4n) is 2.03. The van der Waals surface area contributed by atoms with Crippen LogP contribution in [0.5, 0.6) is 0 Å². The topological polar surface area (TPSA) is 110 Å². The van der Waals surface area contributed by atoms with Crippen LogP contribution >= 0.6 is 0 Å². The van der Waals surface area contributed by atoms with Gasteiger partial charge >= 0.3 is 11.9 Å². The average molecular weight is 311 g/mol. The van der Waals surface area contributed by atoms with E-state index in [1.165, 1.54) is 13.1 Å². The first-order chi connectivity index (χ1) is 10.4. The molecule has 0 atom stereocenters. The quantitative estimate of drug-likeness (QED) is 0.552. The van der Waals surface area contributed by atoms with Crippen LogP contribution in [0.15, 0.2) is 6.20 Å². The zero-order valence-corrected chi connectivity index (χ0v) is 13.2. The van der Waals surface area contributed by atoms with E-state index in [1.54, 1.807) is 20.8 Å². The summed E-state index contributed by atoms with van der Waals surface area (Å²) in [4.78, 5) is 43.2. The standard InChI is InChI=1S/C14H21N3O5/c1-5-21-12(19)14(17-10(4)18,13(20)22-6-2)7-11-8-15-9(3)16-11/h8H,5-7H2,1-4H3,(H,15,16)(H,17,18). The Morgan fingerprint density at radius 1 is 1.23 bits per heavy atom. The van der Waals surface area contributed by atoms with Gasteiger partial charge in [-0.05, 0) is 20.8 Å². The van der Waals surface area contributed by atoms with Crippen LogP contribution in [0.1, 0.15) is 32.3 Å². The highest BCUT2D eigenvalue weighted by Gasteiger charge is 2.50. The lowest BCUT2D eigenvalue weighted by Crippen LogP contribution is -2.62. The Kier molecular flexibility index (Phi) is 6.09. The summed E-state index contributed by atoms with van der Waals surface area (Å²) in [6.07, 6.45) is 1.36. The molecule has 0 fully saturated rings. The van der Waals surface area contributed by atoms with E-state index >= 15 is 0 Å². The smallest absolute Gasteiger partial charge is 0.344 e. The Balaban J connectivity index is 3.25. The van der Waals surface area contributed by atoms with Crippen molar-refractivity contribution in [3.8, 4) is 0 Å². The largest absolute Gasteiger partial charge is 0.464 e. The van der Waals surface area contributed by atoms with Gasteiger partial charge in [-0.25, -0.2) is 14.6 Å². The number of hydrogen-bond donors (Lipinski definition) is 2. The van der Waals surface area contributed by atoms with E-state index in [1.807, 2.05) is 0 Å². The fraction of sp³-hybridized carbons (Fsp3) is 0.571. The normalized spacial score (nSPS) is 10.9. The molecule has 0 saturated heterocycles. The molecule has 0 radical (unpaired) electrons. The highest BCUT2D eigenvalue weighted by atomic mass is 16.6. The van der Waals surface area contributed by atoms with Crippen molar-refractivity contribution in [3.63, 3.8) is 0 Å². The molecule has 0 aliphatic heterocycles. The summed E-state index contributed by atoms with van der Waals surface area (Å²) >= 11 is 0. The van der Waals surface area contributed by atoms with E-state index in [9.17, 15) is 14.4 Å². The molecule has 0 bridgehead atoms. The molecular weight excluding hydrogens is 290 g/mol. The van der Waals surface area contributed by atoms with Gasteiger partial charge in [0.05, 0.1) is 13.2 Å². The Hall–Kier alpha value is -2.38. The number of nitrogens with zero attached hydrogens (tertiary/aromatic N) is 1. The molecule has 8 nitrogen and oxygen atoms in total. The van der Waals surface area contributed by atoms with E-state index in [0.717, 1.165) is 0 Å². The molecule has 1 amide bonds. The third-order valence-electron chi connectivity index (χ3n) is 2.85. The maximum atomic E-state index is 12.4. The lowest BCUT2D eigenvalue weighted by molar-refractivity contribution is -0.168. The molecule has 1 rings (SSSR count). The van der Waals surface area contributed by atoms with Crippen molar-refractivity contribution in [2.24, 2.45) is 0 Å². The van der Waals surface area contributed by atoms with E-state index in [2.05, 4.69) is 15.3 Å². The van der Waals surface area contributed by atoms with Crippen molar-refractivity contribution in [3.05, 3.63) is 17.7 Å². The number of aromatic nitrogens is 2. The number of hydrogen-bond acceptors (Lipinski definition) is 6. The molecule has 2 N–H and O–H groups in total. The summed E-state index contributed by atoms with van der Waals surface area (Å²) < 4.78 is 9.93. The van der Waals surface area contributed by atoms with Crippen LogP contribution in [-0.2, 0) is 30.3 Å². The second-order valence-corrected chi connectivity index (χ2v) is 4.70. The van der Waals surface area contributed by atoms with Gasteiger partial charge in [-0.3, -0.25) is 4.79 Å².